The van der Waals surface area contributed by atoms with Gasteiger partial charge in [-0.2, -0.15) is 0 Å². The highest BCUT2D eigenvalue weighted by Crippen LogP contribution is 2.26. The second kappa shape index (κ2) is 7.57. The summed E-state index contributed by atoms with van der Waals surface area (Å²) in [4.78, 5) is 12.0. The Labute approximate surface area is 127 Å². The zero-order chi connectivity index (χ0) is 15.2. The average Bonchev–Trinajstić information content (AvgIpc) is 2.94. The maximum absolute atomic E-state index is 12.0. The zero-order valence-corrected chi connectivity index (χ0v) is 12.9. The van der Waals surface area contributed by atoms with Crippen LogP contribution in [-0.2, 0) is 9.53 Å². The van der Waals surface area contributed by atoms with Crippen molar-refractivity contribution in [3.63, 3.8) is 0 Å². The van der Waals surface area contributed by atoms with E-state index in [4.69, 9.17) is 10.5 Å². The molecule has 1 fully saturated rings. The van der Waals surface area contributed by atoms with Crippen molar-refractivity contribution in [3.8, 4) is 0 Å². The summed E-state index contributed by atoms with van der Waals surface area (Å²) in [6, 6.07) is 9.50. The normalized spacial score (nSPS) is 23.2. The maximum Gasteiger partial charge on any atom is 0.221 e. The first-order chi connectivity index (χ1) is 10.1. The predicted octanol–water partition coefficient (Wildman–Crippen LogP) is 2.25. The molecule has 3 atom stereocenters. The number of benzene rings is 1. The summed E-state index contributed by atoms with van der Waals surface area (Å²) < 4.78 is 5.73. The molecule has 1 amide bonds. The van der Waals surface area contributed by atoms with Gasteiger partial charge in [0.15, 0.2) is 0 Å². The molecule has 1 saturated heterocycles. The van der Waals surface area contributed by atoms with E-state index >= 15 is 0 Å². The van der Waals surface area contributed by atoms with Gasteiger partial charge in [-0.05, 0) is 17.9 Å². The van der Waals surface area contributed by atoms with Crippen LogP contribution in [0.4, 0.5) is 0 Å². The van der Waals surface area contributed by atoms with Gasteiger partial charge in [-0.1, -0.05) is 44.2 Å². The lowest BCUT2D eigenvalue weighted by atomic mass is 9.93. The van der Waals surface area contributed by atoms with Crippen LogP contribution in [0.3, 0.4) is 0 Å². The van der Waals surface area contributed by atoms with Gasteiger partial charge in [0.05, 0.1) is 6.10 Å². The number of ether oxygens (including phenoxy) is 1. The molecule has 4 heteroatoms. The predicted molar refractivity (Wildman–Crippen MR) is 83.7 cm³/mol. The third-order valence-corrected chi connectivity index (χ3v) is 4.12. The first-order valence-electron chi connectivity index (χ1n) is 7.76. The number of amides is 1. The fourth-order valence-corrected chi connectivity index (χ4v) is 2.95. The van der Waals surface area contributed by atoms with Crippen LogP contribution in [0.15, 0.2) is 30.3 Å². The van der Waals surface area contributed by atoms with E-state index in [0.717, 1.165) is 18.6 Å². The molecule has 0 aliphatic carbocycles. The fraction of sp³-hybridized carbons (Fsp3) is 0.588. The molecule has 116 valence electrons. The lowest BCUT2D eigenvalue weighted by Crippen LogP contribution is -2.36. The minimum atomic E-state index is -0.244. The molecule has 0 radical (unpaired) electrons. The molecule has 0 saturated carbocycles. The molecule has 0 spiro atoms. The van der Waals surface area contributed by atoms with Gasteiger partial charge in [-0.25, -0.2) is 0 Å². The van der Waals surface area contributed by atoms with Crippen molar-refractivity contribution in [2.24, 2.45) is 17.6 Å². The van der Waals surface area contributed by atoms with Crippen LogP contribution in [0, 0.1) is 11.8 Å². The van der Waals surface area contributed by atoms with Crippen molar-refractivity contribution in [1.82, 2.24) is 5.32 Å². The van der Waals surface area contributed by atoms with Crippen molar-refractivity contribution < 1.29 is 9.53 Å². The second-order valence-electron chi connectivity index (χ2n) is 6.15. The highest BCUT2D eigenvalue weighted by Gasteiger charge is 2.30. The van der Waals surface area contributed by atoms with E-state index < -0.39 is 0 Å². The Morgan fingerprint density at radius 1 is 1.38 bits per heavy atom. The Hall–Kier alpha value is -1.39. The highest BCUT2D eigenvalue weighted by molar-refractivity contribution is 5.76. The summed E-state index contributed by atoms with van der Waals surface area (Å²) in [6.45, 7) is 5.81. The number of hydrogen-bond donors (Lipinski definition) is 2. The van der Waals surface area contributed by atoms with Crippen LogP contribution in [0.25, 0.3) is 0 Å². The Kier molecular flexibility index (Phi) is 5.76. The molecule has 2 rings (SSSR count). The molecule has 1 aliphatic rings. The van der Waals surface area contributed by atoms with E-state index in [1.807, 2.05) is 30.3 Å². The van der Waals surface area contributed by atoms with Crippen molar-refractivity contribution in [1.29, 1.82) is 0 Å². The van der Waals surface area contributed by atoms with E-state index in [1.165, 1.54) is 0 Å². The standard InChI is InChI=1S/C17H26N2O2/c1-12(2)17-14(8-9-21-17)11-19-16(20)10-15(18)13-6-4-3-5-7-13/h3-7,12,14-15,17H,8-11,18H2,1-2H3,(H,19,20). The lowest BCUT2D eigenvalue weighted by molar-refractivity contribution is -0.121. The number of carbonyl (C=O) groups is 1. The molecule has 0 aromatic heterocycles. The molecule has 4 nitrogen and oxygen atoms in total. The lowest BCUT2D eigenvalue weighted by Gasteiger charge is -2.22. The topological polar surface area (TPSA) is 64.3 Å². The quantitative estimate of drug-likeness (QED) is 0.844. The molecule has 3 N–H and O–H groups in total. The van der Waals surface area contributed by atoms with Gasteiger partial charge in [0.1, 0.15) is 0 Å². The van der Waals surface area contributed by atoms with Gasteiger partial charge >= 0.3 is 0 Å². The van der Waals surface area contributed by atoms with Crippen LogP contribution < -0.4 is 11.1 Å². The molecule has 1 aromatic carbocycles. The first-order valence-corrected chi connectivity index (χ1v) is 7.76. The van der Waals surface area contributed by atoms with Gasteiger partial charge in [0, 0.05) is 31.5 Å². The summed E-state index contributed by atoms with van der Waals surface area (Å²) >= 11 is 0. The van der Waals surface area contributed by atoms with Crippen LogP contribution >= 0.6 is 0 Å². The first kappa shape index (κ1) is 16.0. The van der Waals surface area contributed by atoms with Crippen molar-refractivity contribution in [2.45, 2.75) is 38.8 Å². The smallest absolute Gasteiger partial charge is 0.221 e. The molecule has 1 aromatic rings. The van der Waals surface area contributed by atoms with Crippen LogP contribution in [-0.4, -0.2) is 25.2 Å². The van der Waals surface area contributed by atoms with E-state index in [9.17, 15) is 4.79 Å². The largest absolute Gasteiger partial charge is 0.378 e. The number of carbonyl (C=O) groups excluding carboxylic acids is 1. The molecule has 0 bridgehead atoms. The van der Waals surface area contributed by atoms with Crippen LogP contribution in [0.1, 0.15) is 38.3 Å². The van der Waals surface area contributed by atoms with Crippen LogP contribution in [0.2, 0.25) is 0 Å². The Balaban J connectivity index is 1.77. The van der Waals surface area contributed by atoms with E-state index in [2.05, 4.69) is 19.2 Å². The molecule has 3 unspecified atom stereocenters. The Morgan fingerprint density at radius 2 is 2.10 bits per heavy atom. The van der Waals surface area contributed by atoms with Gasteiger partial charge in [-0.3, -0.25) is 4.79 Å². The fourth-order valence-electron chi connectivity index (χ4n) is 2.95. The Morgan fingerprint density at radius 3 is 2.76 bits per heavy atom. The third kappa shape index (κ3) is 4.55. The molecule has 21 heavy (non-hydrogen) atoms. The molecule has 1 aliphatic heterocycles. The summed E-state index contributed by atoms with van der Waals surface area (Å²) in [7, 11) is 0. The zero-order valence-electron chi connectivity index (χ0n) is 12.9. The molecular weight excluding hydrogens is 264 g/mol. The van der Waals surface area contributed by atoms with Gasteiger partial charge < -0.3 is 15.8 Å². The number of rotatable bonds is 6. The minimum Gasteiger partial charge on any atom is -0.378 e. The number of hydrogen-bond acceptors (Lipinski definition) is 3. The maximum atomic E-state index is 12.0. The van der Waals surface area contributed by atoms with Crippen molar-refractivity contribution in [3.05, 3.63) is 35.9 Å². The molecule has 1 heterocycles. The number of nitrogens with two attached hydrogens (primary N) is 1. The van der Waals surface area contributed by atoms with Crippen molar-refractivity contribution in [2.75, 3.05) is 13.2 Å². The monoisotopic (exact) mass is 290 g/mol. The average molecular weight is 290 g/mol. The number of nitrogens with one attached hydrogen (secondary N) is 1. The SMILES string of the molecule is CC(C)C1OCCC1CNC(=O)CC(N)c1ccccc1. The van der Waals surface area contributed by atoms with Crippen molar-refractivity contribution >= 4 is 5.91 Å². The van der Waals surface area contributed by atoms with Crippen LogP contribution in [0.5, 0.6) is 0 Å². The van der Waals surface area contributed by atoms with Gasteiger partial charge in [0.25, 0.3) is 0 Å². The van der Waals surface area contributed by atoms with E-state index in [-0.39, 0.29) is 18.1 Å². The van der Waals surface area contributed by atoms with Gasteiger partial charge in [0.2, 0.25) is 5.91 Å². The van der Waals surface area contributed by atoms with Gasteiger partial charge in [-0.15, -0.1) is 0 Å². The van der Waals surface area contributed by atoms with E-state index in [0.29, 0.717) is 24.8 Å². The summed E-state index contributed by atoms with van der Waals surface area (Å²) in [6.07, 6.45) is 1.60. The highest BCUT2D eigenvalue weighted by atomic mass is 16.5. The summed E-state index contributed by atoms with van der Waals surface area (Å²) in [5, 5.41) is 3.01. The Bertz CT molecular complexity index is 447. The minimum absolute atomic E-state index is 0.0146. The molecular formula is C17H26N2O2. The third-order valence-electron chi connectivity index (χ3n) is 4.12. The summed E-state index contributed by atoms with van der Waals surface area (Å²) in [5.74, 6) is 0.920. The van der Waals surface area contributed by atoms with E-state index in [1.54, 1.807) is 0 Å². The summed E-state index contributed by atoms with van der Waals surface area (Å²) in [5.41, 5.74) is 7.07. The second-order valence-corrected chi connectivity index (χ2v) is 6.15.